The summed E-state index contributed by atoms with van der Waals surface area (Å²) in [4.78, 5) is 54.9. The Balaban J connectivity index is 1.76. The average Bonchev–Trinajstić information content (AvgIpc) is 2.88. The number of aromatic hydroxyl groups is 2. The van der Waals surface area contributed by atoms with Crippen LogP contribution in [0, 0.1) is 0 Å². The number of hydrogen-bond acceptors (Lipinski definition) is 11. The fraction of sp³-hybridized carbons (Fsp3) is 0.296. The van der Waals surface area contributed by atoms with E-state index >= 15 is 0 Å². The van der Waals surface area contributed by atoms with Crippen molar-refractivity contribution < 1.29 is 59.5 Å². The summed E-state index contributed by atoms with van der Waals surface area (Å²) < 4.78 is 0. The van der Waals surface area contributed by atoms with Crippen LogP contribution in [-0.4, -0.2) is 67.0 Å². The first-order valence-electron chi connectivity index (χ1n) is 11.7. The molecule has 1 aliphatic carbocycles. The molecule has 0 aromatic heterocycles. The molecule has 2 unspecified atom stereocenters. The minimum atomic E-state index is -2.41. The monoisotopic (exact) mass is 544 g/mol. The molecule has 0 heterocycles. The van der Waals surface area contributed by atoms with Crippen LogP contribution in [0.5, 0.6) is 23.0 Å². The molecule has 208 valence electrons. The topological polar surface area (TPSA) is 189 Å². The van der Waals surface area contributed by atoms with Crippen LogP contribution in [0.1, 0.15) is 37.8 Å². The quantitative estimate of drug-likeness (QED) is 0.158. The minimum absolute atomic E-state index is 0.202. The Morgan fingerprint density at radius 1 is 0.821 bits per heavy atom. The van der Waals surface area contributed by atoms with Crippen molar-refractivity contribution in [3.63, 3.8) is 0 Å². The lowest BCUT2D eigenvalue weighted by atomic mass is 9.79. The molecule has 0 aliphatic heterocycles. The predicted molar refractivity (Wildman–Crippen MR) is 134 cm³/mol. The van der Waals surface area contributed by atoms with E-state index in [0.29, 0.717) is 11.1 Å². The van der Waals surface area contributed by atoms with E-state index in [0.717, 1.165) is 0 Å². The Hall–Kier alpha value is -4.23. The first kappa shape index (κ1) is 29.3. The summed E-state index contributed by atoms with van der Waals surface area (Å²) in [5, 5.41) is 51.2. The molecule has 2 aromatic carbocycles. The Bertz CT molecular complexity index is 1190. The SMILES string of the molecule is CC(=O)C=Cc1ccc(O)c(OO[C@H]2CC(O)(C(=O)O)C[C@@H](OOc3cc(C=CC(C)=O)ccc3O)C2O)c1. The molecule has 3 rings (SSSR count). The van der Waals surface area contributed by atoms with Crippen LogP contribution in [0.4, 0.5) is 0 Å². The molecular weight excluding hydrogens is 516 g/mol. The maximum absolute atomic E-state index is 11.8. The van der Waals surface area contributed by atoms with Crippen molar-refractivity contribution in [1.82, 2.24) is 0 Å². The summed E-state index contributed by atoms with van der Waals surface area (Å²) in [6.07, 6.45) is -0.215. The van der Waals surface area contributed by atoms with Crippen LogP contribution in [0.25, 0.3) is 12.2 Å². The van der Waals surface area contributed by atoms with Crippen molar-refractivity contribution in [3.05, 3.63) is 59.7 Å². The van der Waals surface area contributed by atoms with E-state index in [1.54, 1.807) is 0 Å². The molecule has 1 aliphatic rings. The van der Waals surface area contributed by atoms with Crippen molar-refractivity contribution in [3.8, 4) is 23.0 Å². The molecule has 1 fully saturated rings. The zero-order valence-corrected chi connectivity index (χ0v) is 21.0. The minimum Gasteiger partial charge on any atom is -0.504 e. The summed E-state index contributed by atoms with van der Waals surface area (Å²) >= 11 is 0. The molecule has 0 bridgehead atoms. The van der Waals surface area contributed by atoms with Gasteiger partial charge in [-0.05, 0) is 61.4 Å². The van der Waals surface area contributed by atoms with Gasteiger partial charge in [0.05, 0.1) is 0 Å². The number of rotatable bonds is 11. The molecule has 0 amide bonds. The van der Waals surface area contributed by atoms with Crippen molar-refractivity contribution in [2.24, 2.45) is 0 Å². The van der Waals surface area contributed by atoms with Crippen molar-refractivity contribution >= 4 is 29.7 Å². The van der Waals surface area contributed by atoms with Crippen molar-refractivity contribution in [1.29, 1.82) is 0 Å². The van der Waals surface area contributed by atoms with Crippen molar-refractivity contribution in [2.75, 3.05) is 0 Å². The third kappa shape index (κ3) is 7.88. The summed E-state index contributed by atoms with van der Waals surface area (Å²) in [6.45, 7) is 2.72. The zero-order chi connectivity index (χ0) is 28.7. The number of aliphatic hydroxyl groups is 2. The van der Waals surface area contributed by atoms with E-state index in [9.17, 15) is 39.9 Å². The number of hydrogen-bond donors (Lipinski definition) is 5. The third-order valence-corrected chi connectivity index (χ3v) is 5.75. The van der Waals surface area contributed by atoms with Crippen LogP contribution < -0.4 is 9.78 Å². The molecule has 39 heavy (non-hydrogen) atoms. The normalized spacial score (nSPS) is 23.1. The highest BCUT2D eigenvalue weighted by Gasteiger charge is 2.52. The van der Waals surface area contributed by atoms with Gasteiger partial charge in [0.1, 0.15) is 18.3 Å². The number of carboxylic acid groups (broad SMARTS) is 1. The van der Waals surface area contributed by atoms with Crippen molar-refractivity contribution in [2.45, 2.75) is 50.6 Å². The lowest BCUT2D eigenvalue weighted by Crippen LogP contribution is -2.57. The third-order valence-electron chi connectivity index (χ3n) is 5.75. The highest BCUT2D eigenvalue weighted by atomic mass is 17.2. The second kappa shape index (κ2) is 12.5. The molecule has 1 saturated carbocycles. The molecule has 4 atom stereocenters. The van der Waals surface area contributed by atoms with Crippen LogP contribution in [-0.2, 0) is 24.2 Å². The van der Waals surface area contributed by atoms with Crippen LogP contribution in [0.2, 0.25) is 0 Å². The van der Waals surface area contributed by atoms with Crippen LogP contribution >= 0.6 is 0 Å². The van der Waals surface area contributed by atoms with E-state index in [4.69, 9.17) is 19.6 Å². The van der Waals surface area contributed by atoms with E-state index in [2.05, 4.69) is 0 Å². The van der Waals surface area contributed by atoms with Crippen LogP contribution in [0.3, 0.4) is 0 Å². The number of aliphatic hydroxyl groups excluding tert-OH is 1. The molecule has 2 aromatic rings. The number of allylic oxidation sites excluding steroid dienone is 2. The predicted octanol–water partition coefficient (Wildman–Crippen LogP) is 2.33. The number of carbonyl (C=O) groups is 3. The van der Waals surface area contributed by atoms with Gasteiger partial charge in [-0.2, -0.15) is 9.78 Å². The number of phenolic OH excluding ortho intramolecular Hbond substituents is 2. The highest BCUT2D eigenvalue weighted by Crippen LogP contribution is 2.36. The maximum Gasteiger partial charge on any atom is 0.335 e. The van der Waals surface area contributed by atoms with E-state index in [-0.39, 0.29) is 34.6 Å². The van der Waals surface area contributed by atoms with Gasteiger partial charge in [-0.15, -0.1) is 0 Å². The summed E-state index contributed by atoms with van der Waals surface area (Å²) in [6, 6.07) is 8.22. The average molecular weight is 545 g/mol. The number of carboxylic acids is 1. The van der Waals surface area contributed by atoms with Gasteiger partial charge in [0.25, 0.3) is 0 Å². The maximum atomic E-state index is 11.8. The highest BCUT2D eigenvalue weighted by molar-refractivity contribution is 5.92. The van der Waals surface area contributed by atoms with Gasteiger partial charge in [0.15, 0.2) is 28.7 Å². The number of phenols is 2. The lowest BCUT2D eigenvalue weighted by Gasteiger charge is -2.39. The van der Waals surface area contributed by atoms with Gasteiger partial charge < -0.3 is 35.3 Å². The Morgan fingerprint density at radius 3 is 1.59 bits per heavy atom. The number of aliphatic carboxylic acids is 1. The van der Waals surface area contributed by atoms with E-state index in [1.165, 1.54) is 74.5 Å². The van der Waals surface area contributed by atoms with Gasteiger partial charge in [0, 0.05) is 12.8 Å². The number of carbonyl (C=O) groups excluding carboxylic acids is 2. The smallest absolute Gasteiger partial charge is 0.335 e. The molecule has 5 N–H and O–H groups in total. The number of benzene rings is 2. The zero-order valence-electron chi connectivity index (χ0n) is 21.0. The van der Waals surface area contributed by atoms with Gasteiger partial charge >= 0.3 is 5.97 Å². The molecule has 0 saturated heterocycles. The van der Waals surface area contributed by atoms with Gasteiger partial charge in [-0.1, -0.05) is 24.3 Å². The second-order valence-corrected chi connectivity index (χ2v) is 9.01. The van der Waals surface area contributed by atoms with Crippen LogP contribution in [0.15, 0.2) is 48.6 Å². The van der Waals surface area contributed by atoms with Gasteiger partial charge in [0.2, 0.25) is 11.5 Å². The summed E-state index contributed by atoms with van der Waals surface area (Å²) in [7, 11) is 0. The fourth-order valence-corrected chi connectivity index (χ4v) is 3.64. The second-order valence-electron chi connectivity index (χ2n) is 9.01. The van der Waals surface area contributed by atoms with E-state index < -0.39 is 42.7 Å². The first-order valence-corrected chi connectivity index (χ1v) is 11.7. The summed E-state index contributed by atoms with van der Waals surface area (Å²) in [5.74, 6) is -3.13. The fourth-order valence-electron chi connectivity index (χ4n) is 3.64. The largest absolute Gasteiger partial charge is 0.504 e. The molecule has 12 nitrogen and oxygen atoms in total. The van der Waals surface area contributed by atoms with E-state index in [1.807, 2.05) is 0 Å². The molecule has 0 radical (unpaired) electrons. The Morgan fingerprint density at radius 2 is 1.23 bits per heavy atom. The van der Waals surface area contributed by atoms with Gasteiger partial charge in [-0.3, -0.25) is 9.59 Å². The lowest BCUT2D eigenvalue weighted by molar-refractivity contribution is -0.336. The molecule has 12 heteroatoms. The standard InChI is InChI=1S/C27H28O12/c1-15(28)3-5-17-7-9-19(30)21(11-17)36-38-23-13-27(35,26(33)34)14-24(25(23)32)39-37-22-12-18(6-4-16(2)29)8-10-20(22)31/h3-12,23-25,30-32,35H,13-14H2,1-2H3,(H,33,34)/t23-,24+,25?,27?. The molecular formula is C27H28O12. The first-order chi connectivity index (χ1) is 18.4. The Kier molecular flexibility index (Phi) is 9.43. The number of ketones is 2. The van der Waals surface area contributed by atoms with Gasteiger partial charge in [-0.25, -0.2) is 4.79 Å². The Labute approximate surface area is 222 Å². The summed E-state index contributed by atoms with van der Waals surface area (Å²) in [5.41, 5.74) is -1.46. The molecule has 0 spiro atoms.